The number of ether oxygens (including phenoxy) is 1. The van der Waals surface area contributed by atoms with E-state index >= 15 is 0 Å². The topological polar surface area (TPSA) is 70.2 Å². The molecule has 0 N–H and O–H groups in total. The highest BCUT2D eigenvalue weighted by Crippen LogP contribution is 2.44. The number of hydrogen-bond acceptors (Lipinski definition) is 4. The third-order valence-electron chi connectivity index (χ3n) is 5.82. The van der Waals surface area contributed by atoms with Gasteiger partial charge in [-0.2, -0.15) is 4.31 Å². The first-order valence-electron chi connectivity index (χ1n) is 8.84. The zero-order valence-electron chi connectivity index (χ0n) is 14.7. The van der Waals surface area contributed by atoms with Crippen LogP contribution in [0.25, 0.3) is 0 Å². The minimum Gasteiger partial charge on any atom is -0.383 e. The van der Waals surface area contributed by atoms with Gasteiger partial charge in [-0.3, -0.25) is 0 Å². The van der Waals surface area contributed by atoms with Gasteiger partial charge in [0.05, 0.1) is 12.9 Å². The van der Waals surface area contributed by atoms with Crippen LogP contribution in [-0.4, -0.2) is 87.3 Å². The van der Waals surface area contributed by atoms with Crippen LogP contribution in [0.4, 0.5) is 4.79 Å². The minimum atomic E-state index is -3.23. The number of piperidine rings is 1. The van der Waals surface area contributed by atoms with Crippen molar-refractivity contribution in [1.82, 2.24) is 14.1 Å². The molecule has 3 rings (SSSR count). The minimum absolute atomic E-state index is 0.00589. The van der Waals surface area contributed by atoms with Gasteiger partial charge >= 0.3 is 6.03 Å². The van der Waals surface area contributed by atoms with Crippen molar-refractivity contribution in [2.45, 2.75) is 38.1 Å². The average Bonchev–Trinajstić information content (AvgIpc) is 3.16. The Hall–Kier alpha value is -0.860. The van der Waals surface area contributed by atoms with Crippen LogP contribution in [0.3, 0.4) is 0 Å². The van der Waals surface area contributed by atoms with Crippen LogP contribution in [0, 0.1) is 5.41 Å². The normalized spacial score (nSPS) is 28.0. The van der Waals surface area contributed by atoms with Crippen LogP contribution in [0.5, 0.6) is 0 Å². The summed E-state index contributed by atoms with van der Waals surface area (Å²) in [7, 11) is -1.61. The average molecular weight is 359 g/mol. The van der Waals surface area contributed by atoms with Crippen LogP contribution in [0.2, 0.25) is 0 Å². The summed E-state index contributed by atoms with van der Waals surface area (Å²) in [5.74, 6) is 0. The molecule has 0 bridgehead atoms. The molecular weight excluding hydrogens is 330 g/mol. The summed E-state index contributed by atoms with van der Waals surface area (Å²) >= 11 is 0. The molecule has 0 saturated carbocycles. The first-order chi connectivity index (χ1) is 11.3. The van der Waals surface area contributed by atoms with E-state index in [1.807, 2.05) is 9.80 Å². The van der Waals surface area contributed by atoms with Gasteiger partial charge in [0.1, 0.15) is 0 Å². The van der Waals surface area contributed by atoms with E-state index in [2.05, 4.69) is 0 Å². The Balaban J connectivity index is 1.63. The second kappa shape index (κ2) is 6.80. The Labute approximate surface area is 145 Å². The lowest BCUT2D eigenvalue weighted by atomic mass is 9.76. The van der Waals surface area contributed by atoms with E-state index in [-0.39, 0.29) is 17.5 Å². The van der Waals surface area contributed by atoms with Gasteiger partial charge in [-0.1, -0.05) is 0 Å². The quantitative estimate of drug-likeness (QED) is 0.753. The zero-order chi connectivity index (χ0) is 17.4. The van der Waals surface area contributed by atoms with Gasteiger partial charge in [0.2, 0.25) is 10.0 Å². The van der Waals surface area contributed by atoms with E-state index in [1.165, 1.54) is 6.26 Å². The second-order valence-corrected chi connectivity index (χ2v) is 9.52. The summed E-state index contributed by atoms with van der Waals surface area (Å²) in [6.45, 7) is 4.20. The second-order valence-electron chi connectivity index (χ2n) is 7.59. The summed E-state index contributed by atoms with van der Waals surface area (Å²) in [4.78, 5) is 16.4. The lowest BCUT2D eigenvalue weighted by Crippen LogP contribution is -2.49. The molecule has 3 aliphatic heterocycles. The molecule has 3 saturated heterocycles. The summed E-state index contributed by atoms with van der Waals surface area (Å²) in [5, 5.41) is 0. The molecule has 0 aromatic carbocycles. The van der Waals surface area contributed by atoms with E-state index in [4.69, 9.17) is 4.74 Å². The third-order valence-corrected chi connectivity index (χ3v) is 7.10. The number of carbonyl (C=O) groups excluding carboxylic acids is 1. The van der Waals surface area contributed by atoms with Crippen molar-refractivity contribution in [3.05, 3.63) is 0 Å². The van der Waals surface area contributed by atoms with Gasteiger partial charge in [-0.05, 0) is 37.5 Å². The molecule has 0 unspecified atom stereocenters. The highest BCUT2D eigenvalue weighted by Gasteiger charge is 2.49. The number of carbonyl (C=O) groups is 1. The standard InChI is InChI=1S/C16H29N3O4S/c1-23-12-14-11-16(13-19(14)24(2,21)22)5-9-18(10-6-16)15(20)17-7-3-4-8-17/h14H,3-13H2,1-2H3/t14-/m1/s1. The van der Waals surface area contributed by atoms with E-state index < -0.39 is 10.0 Å². The molecule has 3 aliphatic rings. The van der Waals surface area contributed by atoms with Crippen molar-refractivity contribution in [2.24, 2.45) is 5.41 Å². The molecule has 0 aliphatic carbocycles. The van der Waals surface area contributed by atoms with Crippen molar-refractivity contribution in [2.75, 3.05) is 52.7 Å². The van der Waals surface area contributed by atoms with Gasteiger partial charge in [-0.15, -0.1) is 0 Å². The maximum Gasteiger partial charge on any atom is 0.319 e. The number of amides is 2. The van der Waals surface area contributed by atoms with Crippen molar-refractivity contribution >= 4 is 16.1 Å². The Kier molecular flexibility index (Phi) is 5.09. The number of rotatable bonds is 3. The smallest absolute Gasteiger partial charge is 0.319 e. The largest absolute Gasteiger partial charge is 0.383 e. The molecule has 138 valence electrons. The van der Waals surface area contributed by atoms with Crippen LogP contribution in [-0.2, 0) is 14.8 Å². The molecular formula is C16H29N3O4S. The number of hydrogen-bond donors (Lipinski definition) is 0. The summed E-state index contributed by atoms with van der Waals surface area (Å²) in [6, 6.07) is 0.0830. The maximum absolute atomic E-state index is 12.5. The maximum atomic E-state index is 12.5. The number of likely N-dealkylation sites (tertiary alicyclic amines) is 2. The highest BCUT2D eigenvalue weighted by atomic mass is 32.2. The molecule has 24 heavy (non-hydrogen) atoms. The fourth-order valence-electron chi connectivity index (χ4n) is 4.49. The number of urea groups is 1. The van der Waals surface area contributed by atoms with Gasteiger partial charge in [0.25, 0.3) is 0 Å². The Morgan fingerprint density at radius 3 is 2.25 bits per heavy atom. The van der Waals surface area contributed by atoms with Crippen LogP contribution in [0.15, 0.2) is 0 Å². The molecule has 1 atom stereocenters. The first-order valence-corrected chi connectivity index (χ1v) is 10.7. The van der Waals surface area contributed by atoms with E-state index in [0.717, 1.165) is 58.3 Å². The lowest BCUT2D eigenvalue weighted by molar-refractivity contribution is 0.104. The predicted octanol–water partition coefficient (Wildman–Crippen LogP) is 0.965. The Bertz CT molecular complexity index is 566. The summed E-state index contributed by atoms with van der Waals surface area (Å²) in [6.07, 6.45) is 6.06. The summed E-state index contributed by atoms with van der Waals surface area (Å²) in [5.41, 5.74) is -0.00589. The molecule has 2 amide bonds. The molecule has 3 heterocycles. The fourth-order valence-corrected chi connectivity index (χ4v) is 5.68. The van der Waals surface area contributed by atoms with Crippen LogP contribution >= 0.6 is 0 Å². The van der Waals surface area contributed by atoms with Gasteiger partial charge < -0.3 is 14.5 Å². The predicted molar refractivity (Wildman–Crippen MR) is 91.3 cm³/mol. The molecule has 3 fully saturated rings. The fraction of sp³-hybridized carbons (Fsp3) is 0.938. The first kappa shape index (κ1) is 17.9. The van der Waals surface area contributed by atoms with Crippen LogP contribution in [0.1, 0.15) is 32.1 Å². The number of sulfonamides is 1. The SMILES string of the molecule is COC[C@H]1CC2(CCN(C(=O)N3CCCC3)CC2)CN1S(C)(=O)=O. The van der Waals surface area contributed by atoms with Crippen LogP contribution < -0.4 is 0 Å². The molecule has 0 radical (unpaired) electrons. The third kappa shape index (κ3) is 3.55. The van der Waals surface area contributed by atoms with Crippen molar-refractivity contribution in [3.8, 4) is 0 Å². The van der Waals surface area contributed by atoms with Crippen molar-refractivity contribution < 1.29 is 17.9 Å². The van der Waals surface area contributed by atoms with E-state index in [1.54, 1.807) is 11.4 Å². The monoisotopic (exact) mass is 359 g/mol. The molecule has 1 spiro atoms. The van der Waals surface area contributed by atoms with Gasteiger partial charge in [0, 0.05) is 45.9 Å². The van der Waals surface area contributed by atoms with Gasteiger partial charge in [0.15, 0.2) is 0 Å². The lowest BCUT2D eigenvalue weighted by Gasteiger charge is -2.40. The van der Waals surface area contributed by atoms with E-state index in [0.29, 0.717) is 13.2 Å². The molecule has 0 aromatic rings. The van der Waals surface area contributed by atoms with Gasteiger partial charge in [-0.25, -0.2) is 13.2 Å². The molecule has 7 nitrogen and oxygen atoms in total. The Morgan fingerprint density at radius 2 is 1.71 bits per heavy atom. The summed E-state index contributed by atoms with van der Waals surface area (Å²) < 4.78 is 31.0. The highest BCUT2D eigenvalue weighted by molar-refractivity contribution is 7.88. The van der Waals surface area contributed by atoms with Crippen molar-refractivity contribution in [1.29, 1.82) is 0 Å². The molecule has 0 aromatic heterocycles. The van der Waals surface area contributed by atoms with E-state index in [9.17, 15) is 13.2 Å². The Morgan fingerprint density at radius 1 is 1.12 bits per heavy atom. The zero-order valence-corrected chi connectivity index (χ0v) is 15.6. The van der Waals surface area contributed by atoms with Crippen molar-refractivity contribution in [3.63, 3.8) is 0 Å². The number of nitrogens with zero attached hydrogens (tertiary/aromatic N) is 3. The number of methoxy groups -OCH3 is 1. The molecule has 8 heteroatoms.